The summed E-state index contributed by atoms with van der Waals surface area (Å²) >= 11 is 0. The topological polar surface area (TPSA) is 36.3 Å². The molecule has 0 amide bonds. The van der Waals surface area contributed by atoms with Crippen molar-refractivity contribution in [2.24, 2.45) is 0 Å². The van der Waals surface area contributed by atoms with E-state index in [1.807, 2.05) is 18.7 Å². The van der Waals surface area contributed by atoms with E-state index in [1.165, 1.54) is 57.8 Å². The van der Waals surface area contributed by atoms with Crippen LogP contribution in [-0.4, -0.2) is 34.5 Å². The third-order valence-corrected chi connectivity index (χ3v) is 4.53. The predicted molar refractivity (Wildman–Crippen MR) is 110 cm³/mol. The van der Waals surface area contributed by atoms with Crippen LogP contribution in [0.2, 0.25) is 0 Å². The standard InChI is InChI=1S/C22H42N2O2/c1-5-6-7-8-9-10-11-12-13-14-17-25-21(19-26-22(2,3)4)18-24-16-15-23-20-24/h15-16,20-21H,5-14,17-19H2,1-4H3. The van der Waals surface area contributed by atoms with Gasteiger partial charge in [-0.15, -0.1) is 0 Å². The Morgan fingerprint density at radius 1 is 0.923 bits per heavy atom. The van der Waals surface area contributed by atoms with Gasteiger partial charge in [-0.1, -0.05) is 64.7 Å². The molecule has 26 heavy (non-hydrogen) atoms. The van der Waals surface area contributed by atoms with Gasteiger partial charge in [0.05, 0.1) is 31.2 Å². The van der Waals surface area contributed by atoms with E-state index < -0.39 is 0 Å². The van der Waals surface area contributed by atoms with Gasteiger partial charge in [-0.2, -0.15) is 0 Å². The summed E-state index contributed by atoms with van der Waals surface area (Å²) in [7, 11) is 0. The molecule has 152 valence electrons. The highest BCUT2D eigenvalue weighted by molar-refractivity contribution is 4.76. The molecule has 1 atom stereocenters. The van der Waals surface area contributed by atoms with Crippen molar-refractivity contribution < 1.29 is 9.47 Å². The summed E-state index contributed by atoms with van der Waals surface area (Å²) in [5, 5.41) is 0. The Morgan fingerprint density at radius 3 is 2.08 bits per heavy atom. The van der Waals surface area contributed by atoms with Crippen LogP contribution in [0.25, 0.3) is 0 Å². The van der Waals surface area contributed by atoms with Gasteiger partial charge in [0, 0.05) is 19.0 Å². The lowest BCUT2D eigenvalue weighted by atomic mass is 10.1. The van der Waals surface area contributed by atoms with E-state index in [4.69, 9.17) is 9.47 Å². The molecule has 0 aromatic carbocycles. The molecule has 0 aliphatic carbocycles. The maximum atomic E-state index is 6.11. The summed E-state index contributed by atoms with van der Waals surface area (Å²) in [5.41, 5.74) is -0.131. The van der Waals surface area contributed by atoms with E-state index in [2.05, 4.69) is 37.2 Å². The summed E-state index contributed by atoms with van der Waals surface area (Å²) in [6, 6.07) is 0. The summed E-state index contributed by atoms with van der Waals surface area (Å²) in [4.78, 5) is 4.11. The van der Waals surface area contributed by atoms with Crippen molar-refractivity contribution in [1.82, 2.24) is 9.55 Å². The largest absolute Gasteiger partial charge is 0.374 e. The van der Waals surface area contributed by atoms with E-state index in [9.17, 15) is 0 Å². The van der Waals surface area contributed by atoms with Gasteiger partial charge in [0.25, 0.3) is 0 Å². The molecule has 0 N–H and O–H groups in total. The Hall–Kier alpha value is -0.870. The fraction of sp³-hybridized carbons (Fsp3) is 0.864. The molecule has 0 saturated carbocycles. The predicted octanol–water partition coefficient (Wildman–Crippen LogP) is 6.00. The van der Waals surface area contributed by atoms with Crippen molar-refractivity contribution in [1.29, 1.82) is 0 Å². The quantitative estimate of drug-likeness (QED) is 0.336. The first-order valence-electron chi connectivity index (χ1n) is 10.7. The fourth-order valence-electron chi connectivity index (χ4n) is 2.97. The molecule has 0 radical (unpaired) electrons. The van der Waals surface area contributed by atoms with E-state index in [-0.39, 0.29) is 11.7 Å². The number of rotatable bonds is 16. The molecule has 4 nitrogen and oxygen atoms in total. The highest BCUT2D eigenvalue weighted by atomic mass is 16.5. The normalized spacial score (nSPS) is 13.2. The van der Waals surface area contributed by atoms with Crippen LogP contribution >= 0.6 is 0 Å². The minimum absolute atomic E-state index is 0.0852. The number of imidazole rings is 1. The number of hydrogen-bond acceptors (Lipinski definition) is 3. The molecule has 1 unspecified atom stereocenters. The molecule has 0 fully saturated rings. The molecule has 1 aromatic heterocycles. The van der Waals surface area contributed by atoms with E-state index in [0.29, 0.717) is 6.61 Å². The molecule has 0 bridgehead atoms. The Labute approximate surface area is 161 Å². The van der Waals surface area contributed by atoms with Gasteiger partial charge in [0.1, 0.15) is 0 Å². The van der Waals surface area contributed by atoms with Crippen LogP contribution in [-0.2, 0) is 16.0 Å². The molecule has 1 rings (SSSR count). The molecule has 0 spiro atoms. The number of unbranched alkanes of at least 4 members (excludes halogenated alkanes) is 9. The number of ether oxygens (including phenoxy) is 2. The molecule has 1 heterocycles. The molecular formula is C22H42N2O2. The zero-order valence-corrected chi connectivity index (χ0v) is 17.7. The maximum absolute atomic E-state index is 6.11. The molecule has 4 heteroatoms. The highest BCUT2D eigenvalue weighted by Gasteiger charge is 2.16. The van der Waals surface area contributed by atoms with Gasteiger partial charge in [-0.3, -0.25) is 0 Å². The second-order valence-electron chi connectivity index (χ2n) is 8.36. The van der Waals surface area contributed by atoms with Crippen LogP contribution in [0.15, 0.2) is 18.7 Å². The zero-order chi connectivity index (χ0) is 19.1. The van der Waals surface area contributed by atoms with Crippen molar-refractivity contribution in [3.8, 4) is 0 Å². The maximum Gasteiger partial charge on any atom is 0.0987 e. The smallest absolute Gasteiger partial charge is 0.0987 e. The van der Waals surface area contributed by atoms with Crippen LogP contribution in [0.1, 0.15) is 91.9 Å². The van der Waals surface area contributed by atoms with Crippen LogP contribution < -0.4 is 0 Å². The van der Waals surface area contributed by atoms with Gasteiger partial charge >= 0.3 is 0 Å². The molecule has 0 aliphatic rings. The Bertz CT molecular complexity index is 412. The summed E-state index contributed by atoms with van der Waals surface area (Å²) < 4.78 is 14.1. The van der Waals surface area contributed by atoms with Crippen LogP contribution in [0.4, 0.5) is 0 Å². The van der Waals surface area contributed by atoms with Crippen molar-refractivity contribution in [2.45, 2.75) is 110 Å². The van der Waals surface area contributed by atoms with E-state index >= 15 is 0 Å². The first-order chi connectivity index (χ1) is 12.5. The van der Waals surface area contributed by atoms with Crippen molar-refractivity contribution >= 4 is 0 Å². The van der Waals surface area contributed by atoms with E-state index in [1.54, 1.807) is 0 Å². The van der Waals surface area contributed by atoms with Crippen LogP contribution in [0.5, 0.6) is 0 Å². The first-order valence-corrected chi connectivity index (χ1v) is 10.7. The van der Waals surface area contributed by atoms with Gasteiger partial charge in [0.2, 0.25) is 0 Å². The zero-order valence-electron chi connectivity index (χ0n) is 17.7. The van der Waals surface area contributed by atoms with Gasteiger partial charge in [-0.05, 0) is 27.2 Å². The SMILES string of the molecule is CCCCCCCCCCCCOC(COC(C)(C)C)Cn1ccnc1. The van der Waals surface area contributed by atoms with Crippen molar-refractivity contribution in [3.05, 3.63) is 18.7 Å². The fourth-order valence-corrected chi connectivity index (χ4v) is 2.97. The highest BCUT2D eigenvalue weighted by Crippen LogP contribution is 2.12. The lowest BCUT2D eigenvalue weighted by Gasteiger charge is -2.25. The Morgan fingerprint density at radius 2 is 1.54 bits per heavy atom. The molecule has 0 saturated heterocycles. The van der Waals surface area contributed by atoms with Gasteiger partial charge < -0.3 is 14.0 Å². The summed E-state index contributed by atoms with van der Waals surface area (Å²) in [5.74, 6) is 0. The van der Waals surface area contributed by atoms with Crippen molar-refractivity contribution in [2.75, 3.05) is 13.2 Å². The molecular weight excluding hydrogens is 324 g/mol. The minimum atomic E-state index is -0.131. The lowest BCUT2D eigenvalue weighted by molar-refractivity contribution is -0.0778. The van der Waals surface area contributed by atoms with Gasteiger partial charge in [-0.25, -0.2) is 4.98 Å². The number of aromatic nitrogens is 2. The van der Waals surface area contributed by atoms with Crippen LogP contribution in [0.3, 0.4) is 0 Å². The van der Waals surface area contributed by atoms with Crippen molar-refractivity contribution in [3.63, 3.8) is 0 Å². The summed E-state index contributed by atoms with van der Waals surface area (Å²) in [6.45, 7) is 10.8. The Kier molecular flexibility index (Phi) is 12.7. The average molecular weight is 367 g/mol. The number of nitrogens with zero attached hydrogens (tertiary/aromatic N) is 2. The summed E-state index contributed by atoms with van der Waals surface area (Å²) in [6.07, 6.45) is 19.2. The van der Waals surface area contributed by atoms with E-state index in [0.717, 1.165) is 19.6 Å². The number of hydrogen-bond donors (Lipinski definition) is 0. The minimum Gasteiger partial charge on any atom is -0.374 e. The Balaban J connectivity index is 2.09. The monoisotopic (exact) mass is 366 g/mol. The average Bonchev–Trinajstić information content (AvgIpc) is 3.09. The van der Waals surface area contributed by atoms with Crippen LogP contribution in [0, 0.1) is 0 Å². The third kappa shape index (κ3) is 13.3. The second kappa shape index (κ2) is 14.2. The first kappa shape index (κ1) is 23.2. The molecule has 0 aliphatic heterocycles. The van der Waals surface area contributed by atoms with Gasteiger partial charge in [0.15, 0.2) is 0 Å². The second-order valence-corrected chi connectivity index (χ2v) is 8.36. The molecule has 1 aromatic rings. The third-order valence-electron chi connectivity index (χ3n) is 4.53. The lowest BCUT2D eigenvalue weighted by Crippen LogP contribution is -2.31.